The average Bonchev–Trinajstić information content (AvgIpc) is 2.08. The summed E-state index contributed by atoms with van der Waals surface area (Å²) in [4.78, 5) is 10.4. The van der Waals surface area contributed by atoms with Gasteiger partial charge >= 0.3 is 0 Å². The van der Waals surface area contributed by atoms with Crippen molar-refractivity contribution in [1.29, 1.82) is 0 Å². The van der Waals surface area contributed by atoms with E-state index in [1.807, 2.05) is 0 Å². The SMILES string of the molecule is C=C1CC[C@H](C(=C)C)CC1CC=O. The first-order valence-corrected chi connectivity index (χ1v) is 4.91. The van der Waals surface area contributed by atoms with Gasteiger partial charge in [-0.1, -0.05) is 24.3 Å². The Morgan fingerprint density at radius 3 is 2.92 bits per heavy atom. The predicted molar refractivity (Wildman–Crippen MR) is 55.5 cm³/mol. The summed E-state index contributed by atoms with van der Waals surface area (Å²) < 4.78 is 0. The second kappa shape index (κ2) is 4.40. The standard InChI is InChI=1S/C12H18O/c1-9(2)11-5-4-10(3)12(8-11)6-7-13/h7,11-12H,1,3-6,8H2,2H3/t11-,12?/m0/s1. The van der Waals surface area contributed by atoms with Crippen molar-refractivity contribution < 1.29 is 4.79 Å². The van der Waals surface area contributed by atoms with Crippen LogP contribution >= 0.6 is 0 Å². The molecule has 0 heterocycles. The Morgan fingerprint density at radius 2 is 2.38 bits per heavy atom. The van der Waals surface area contributed by atoms with E-state index in [1.165, 1.54) is 17.6 Å². The fourth-order valence-corrected chi connectivity index (χ4v) is 2.02. The van der Waals surface area contributed by atoms with Gasteiger partial charge in [0.05, 0.1) is 0 Å². The fourth-order valence-electron chi connectivity index (χ4n) is 2.02. The molecule has 1 unspecified atom stereocenters. The van der Waals surface area contributed by atoms with Gasteiger partial charge in [-0.3, -0.25) is 0 Å². The van der Waals surface area contributed by atoms with Gasteiger partial charge in [0.2, 0.25) is 0 Å². The first-order valence-electron chi connectivity index (χ1n) is 4.91. The minimum atomic E-state index is 0.410. The first kappa shape index (κ1) is 10.2. The zero-order valence-electron chi connectivity index (χ0n) is 8.38. The second-order valence-corrected chi connectivity index (χ2v) is 4.08. The summed E-state index contributed by atoms with van der Waals surface area (Å²) in [6.45, 7) is 10.1. The quantitative estimate of drug-likeness (QED) is 0.479. The molecule has 0 aromatic carbocycles. The van der Waals surface area contributed by atoms with Crippen LogP contribution in [0.1, 0.15) is 32.6 Å². The summed E-state index contributed by atoms with van der Waals surface area (Å²) >= 11 is 0. The van der Waals surface area contributed by atoms with Gasteiger partial charge in [0.15, 0.2) is 0 Å². The fraction of sp³-hybridized carbons (Fsp3) is 0.583. The molecule has 0 amide bonds. The number of carbonyl (C=O) groups is 1. The van der Waals surface area contributed by atoms with Gasteiger partial charge in [-0.05, 0) is 38.0 Å². The van der Waals surface area contributed by atoms with Gasteiger partial charge in [0.25, 0.3) is 0 Å². The molecule has 0 bridgehead atoms. The van der Waals surface area contributed by atoms with Crippen molar-refractivity contribution in [2.75, 3.05) is 0 Å². The lowest BCUT2D eigenvalue weighted by atomic mass is 9.75. The third-order valence-corrected chi connectivity index (χ3v) is 3.04. The zero-order valence-corrected chi connectivity index (χ0v) is 8.38. The molecule has 0 aromatic rings. The Kier molecular flexibility index (Phi) is 3.47. The normalized spacial score (nSPS) is 28.5. The monoisotopic (exact) mass is 178 g/mol. The van der Waals surface area contributed by atoms with Crippen LogP contribution in [0, 0.1) is 11.8 Å². The molecule has 0 saturated heterocycles. The third-order valence-electron chi connectivity index (χ3n) is 3.04. The molecule has 0 N–H and O–H groups in total. The average molecular weight is 178 g/mol. The smallest absolute Gasteiger partial charge is 0.120 e. The van der Waals surface area contributed by atoms with Gasteiger partial charge < -0.3 is 4.79 Å². The van der Waals surface area contributed by atoms with Crippen molar-refractivity contribution in [1.82, 2.24) is 0 Å². The molecule has 72 valence electrons. The highest BCUT2D eigenvalue weighted by molar-refractivity contribution is 5.50. The highest BCUT2D eigenvalue weighted by atomic mass is 16.1. The van der Waals surface area contributed by atoms with Crippen LogP contribution in [0.2, 0.25) is 0 Å². The van der Waals surface area contributed by atoms with Crippen molar-refractivity contribution in [3.8, 4) is 0 Å². The Balaban J connectivity index is 2.57. The molecule has 1 nitrogen and oxygen atoms in total. The van der Waals surface area contributed by atoms with Gasteiger partial charge in [-0.15, -0.1) is 0 Å². The number of carbonyl (C=O) groups excluding carboxylic acids is 1. The molecule has 1 fully saturated rings. The summed E-state index contributed by atoms with van der Waals surface area (Å²) in [5.74, 6) is 1.02. The molecule has 1 saturated carbocycles. The maximum Gasteiger partial charge on any atom is 0.120 e. The van der Waals surface area contributed by atoms with Crippen molar-refractivity contribution in [2.45, 2.75) is 32.6 Å². The second-order valence-electron chi connectivity index (χ2n) is 4.08. The van der Waals surface area contributed by atoms with E-state index >= 15 is 0 Å². The summed E-state index contributed by atoms with van der Waals surface area (Å²) in [6, 6.07) is 0. The molecule has 0 aliphatic heterocycles. The van der Waals surface area contributed by atoms with Crippen LogP contribution in [0.15, 0.2) is 24.3 Å². The van der Waals surface area contributed by atoms with E-state index in [9.17, 15) is 4.79 Å². The molecule has 0 radical (unpaired) electrons. The number of rotatable bonds is 3. The Bertz CT molecular complexity index is 227. The molecule has 1 rings (SSSR count). The van der Waals surface area contributed by atoms with Crippen molar-refractivity contribution >= 4 is 6.29 Å². The minimum absolute atomic E-state index is 0.410. The van der Waals surface area contributed by atoms with Crippen LogP contribution in [0.4, 0.5) is 0 Å². The van der Waals surface area contributed by atoms with Crippen molar-refractivity contribution in [3.05, 3.63) is 24.3 Å². The summed E-state index contributed by atoms with van der Waals surface area (Å²) in [5.41, 5.74) is 2.51. The molecular weight excluding hydrogens is 160 g/mol. The summed E-state index contributed by atoms with van der Waals surface area (Å²) in [6.07, 6.45) is 4.96. The highest BCUT2D eigenvalue weighted by Gasteiger charge is 2.24. The van der Waals surface area contributed by atoms with Crippen LogP contribution < -0.4 is 0 Å². The topological polar surface area (TPSA) is 17.1 Å². The third kappa shape index (κ3) is 2.55. The molecule has 0 spiro atoms. The predicted octanol–water partition coefficient (Wildman–Crippen LogP) is 3.12. The van der Waals surface area contributed by atoms with Crippen molar-refractivity contribution in [3.63, 3.8) is 0 Å². The van der Waals surface area contributed by atoms with Crippen LogP contribution in [0.25, 0.3) is 0 Å². The minimum Gasteiger partial charge on any atom is -0.303 e. The van der Waals surface area contributed by atoms with E-state index < -0.39 is 0 Å². The number of hydrogen-bond donors (Lipinski definition) is 0. The van der Waals surface area contributed by atoms with E-state index in [0.29, 0.717) is 18.3 Å². The lowest BCUT2D eigenvalue weighted by Gasteiger charge is -2.30. The zero-order chi connectivity index (χ0) is 9.84. The summed E-state index contributed by atoms with van der Waals surface area (Å²) in [5, 5.41) is 0. The van der Waals surface area contributed by atoms with E-state index in [-0.39, 0.29) is 0 Å². The van der Waals surface area contributed by atoms with Gasteiger partial charge in [0, 0.05) is 6.42 Å². The van der Waals surface area contributed by atoms with Gasteiger partial charge in [-0.25, -0.2) is 0 Å². The van der Waals surface area contributed by atoms with E-state index in [0.717, 1.165) is 19.1 Å². The summed E-state index contributed by atoms with van der Waals surface area (Å²) in [7, 11) is 0. The molecule has 2 atom stereocenters. The molecule has 1 aliphatic rings. The molecule has 1 aliphatic carbocycles. The molecular formula is C12H18O. The molecule has 13 heavy (non-hydrogen) atoms. The molecule has 1 heteroatoms. The Morgan fingerprint density at radius 1 is 1.69 bits per heavy atom. The lowest BCUT2D eigenvalue weighted by molar-refractivity contribution is -0.108. The maximum atomic E-state index is 10.4. The number of allylic oxidation sites excluding steroid dienone is 2. The van der Waals surface area contributed by atoms with E-state index in [1.54, 1.807) is 0 Å². The van der Waals surface area contributed by atoms with E-state index in [4.69, 9.17) is 0 Å². The number of hydrogen-bond acceptors (Lipinski definition) is 1. The van der Waals surface area contributed by atoms with Crippen LogP contribution in [-0.2, 0) is 4.79 Å². The lowest BCUT2D eigenvalue weighted by Crippen LogP contribution is -2.18. The number of aldehydes is 1. The first-order chi connectivity index (χ1) is 6.15. The highest BCUT2D eigenvalue weighted by Crippen LogP contribution is 2.36. The van der Waals surface area contributed by atoms with Gasteiger partial charge in [-0.2, -0.15) is 0 Å². The van der Waals surface area contributed by atoms with E-state index in [2.05, 4.69) is 20.1 Å². The van der Waals surface area contributed by atoms with Gasteiger partial charge in [0.1, 0.15) is 6.29 Å². The van der Waals surface area contributed by atoms with Crippen LogP contribution in [0.3, 0.4) is 0 Å². The molecule has 0 aromatic heterocycles. The van der Waals surface area contributed by atoms with Crippen molar-refractivity contribution in [2.24, 2.45) is 11.8 Å². The Labute approximate surface area is 80.5 Å². The largest absolute Gasteiger partial charge is 0.303 e. The van der Waals surface area contributed by atoms with Crippen LogP contribution in [-0.4, -0.2) is 6.29 Å². The maximum absolute atomic E-state index is 10.4. The Hall–Kier alpha value is -0.850. The van der Waals surface area contributed by atoms with Crippen LogP contribution in [0.5, 0.6) is 0 Å².